The monoisotopic (exact) mass is 302 g/mol. The van der Waals surface area contributed by atoms with Crippen molar-refractivity contribution in [1.29, 1.82) is 5.26 Å². The third-order valence-electron chi connectivity index (χ3n) is 3.00. The van der Waals surface area contributed by atoms with Crippen molar-refractivity contribution in [2.75, 3.05) is 11.8 Å². The molecule has 0 radical (unpaired) electrons. The minimum Gasteiger partial charge on any atom is -0.497 e. The number of nitriles is 1. The average molecular weight is 302 g/mol. The van der Waals surface area contributed by atoms with Gasteiger partial charge in [-0.2, -0.15) is 5.26 Å². The average Bonchev–Trinajstić information content (AvgIpc) is 2.47. The first kappa shape index (κ1) is 14.9. The lowest BCUT2D eigenvalue weighted by molar-refractivity contribution is 0.414. The predicted octanol–water partition coefficient (Wildman–Crippen LogP) is 2.68. The van der Waals surface area contributed by atoms with Gasteiger partial charge in [0.25, 0.3) is 10.0 Å². The Morgan fingerprint density at radius 3 is 2.38 bits per heavy atom. The standard InChI is InChI=1S/C15H14N2O3S/c1-11-4-3-5-15(14(11)10-16)17-21(18,19)13-8-6-12(20-2)7-9-13/h3-9,17H,1-2H3. The second-order valence-corrected chi connectivity index (χ2v) is 6.07. The van der Waals surface area contributed by atoms with E-state index in [1.807, 2.05) is 6.07 Å². The van der Waals surface area contributed by atoms with E-state index in [0.29, 0.717) is 16.9 Å². The summed E-state index contributed by atoms with van der Waals surface area (Å²) < 4.78 is 32.1. The molecule has 2 aromatic carbocycles. The molecule has 0 aliphatic heterocycles. The molecular weight excluding hydrogens is 288 g/mol. The second-order valence-electron chi connectivity index (χ2n) is 4.39. The quantitative estimate of drug-likeness (QED) is 0.941. The molecule has 21 heavy (non-hydrogen) atoms. The molecule has 2 aromatic rings. The number of hydrogen-bond acceptors (Lipinski definition) is 4. The maximum atomic E-state index is 12.3. The second kappa shape index (κ2) is 5.85. The Kier molecular flexibility index (Phi) is 4.15. The van der Waals surface area contributed by atoms with Crippen LogP contribution in [0.1, 0.15) is 11.1 Å². The van der Waals surface area contributed by atoms with Crippen molar-refractivity contribution >= 4 is 15.7 Å². The maximum absolute atomic E-state index is 12.3. The molecule has 0 aliphatic carbocycles. The summed E-state index contributed by atoms with van der Waals surface area (Å²) in [6, 6.07) is 13.0. The molecule has 0 saturated carbocycles. The highest BCUT2D eigenvalue weighted by atomic mass is 32.2. The van der Waals surface area contributed by atoms with Gasteiger partial charge in [0.1, 0.15) is 11.8 Å². The highest BCUT2D eigenvalue weighted by Crippen LogP contribution is 2.23. The van der Waals surface area contributed by atoms with E-state index in [1.165, 1.54) is 19.2 Å². The van der Waals surface area contributed by atoms with Gasteiger partial charge in [-0.3, -0.25) is 4.72 Å². The van der Waals surface area contributed by atoms with Crippen molar-refractivity contribution in [3.05, 3.63) is 53.6 Å². The molecule has 0 fully saturated rings. The van der Waals surface area contributed by atoms with Crippen molar-refractivity contribution < 1.29 is 13.2 Å². The molecule has 0 aliphatic rings. The summed E-state index contributed by atoms with van der Waals surface area (Å²) in [6.45, 7) is 1.75. The van der Waals surface area contributed by atoms with Crippen LogP contribution in [0, 0.1) is 18.3 Å². The summed E-state index contributed by atoms with van der Waals surface area (Å²) in [7, 11) is -2.24. The fourth-order valence-electron chi connectivity index (χ4n) is 1.86. The highest BCUT2D eigenvalue weighted by molar-refractivity contribution is 7.92. The number of rotatable bonds is 4. The Labute approximate surface area is 123 Å². The summed E-state index contributed by atoms with van der Waals surface area (Å²) in [5.74, 6) is 0.571. The van der Waals surface area contributed by atoms with Crippen molar-refractivity contribution in [1.82, 2.24) is 0 Å². The number of nitrogens with one attached hydrogen (secondary N) is 1. The van der Waals surface area contributed by atoms with E-state index in [4.69, 9.17) is 10.00 Å². The number of ether oxygens (including phenoxy) is 1. The van der Waals surface area contributed by atoms with Crippen molar-refractivity contribution in [2.45, 2.75) is 11.8 Å². The van der Waals surface area contributed by atoms with Crippen LogP contribution in [0.3, 0.4) is 0 Å². The molecule has 2 rings (SSSR count). The Bertz CT molecular complexity index is 791. The molecule has 0 amide bonds. The van der Waals surface area contributed by atoms with Gasteiger partial charge in [-0.25, -0.2) is 8.42 Å². The van der Waals surface area contributed by atoms with E-state index in [2.05, 4.69) is 4.72 Å². The predicted molar refractivity (Wildman–Crippen MR) is 79.7 cm³/mol. The molecule has 0 aromatic heterocycles. The van der Waals surface area contributed by atoms with E-state index >= 15 is 0 Å². The number of benzene rings is 2. The number of anilines is 1. The summed E-state index contributed by atoms with van der Waals surface area (Å²) in [6.07, 6.45) is 0. The molecule has 0 heterocycles. The van der Waals surface area contributed by atoms with Gasteiger partial charge in [0.2, 0.25) is 0 Å². The molecule has 108 valence electrons. The number of sulfonamides is 1. The zero-order valence-corrected chi connectivity index (χ0v) is 12.4. The Morgan fingerprint density at radius 1 is 1.14 bits per heavy atom. The molecule has 6 heteroatoms. The Morgan fingerprint density at radius 2 is 1.81 bits per heavy atom. The van der Waals surface area contributed by atoms with Gasteiger partial charge in [0, 0.05) is 0 Å². The Hall–Kier alpha value is -2.52. The van der Waals surface area contributed by atoms with Crippen LogP contribution in [0.5, 0.6) is 5.75 Å². The van der Waals surface area contributed by atoms with E-state index in [-0.39, 0.29) is 10.6 Å². The summed E-state index contributed by atoms with van der Waals surface area (Å²) >= 11 is 0. The van der Waals surface area contributed by atoms with Crippen LogP contribution < -0.4 is 9.46 Å². The van der Waals surface area contributed by atoms with Crippen LogP contribution in [0.25, 0.3) is 0 Å². The topological polar surface area (TPSA) is 79.2 Å². The number of nitrogens with zero attached hydrogens (tertiary/aromatic N) is 1. The largest absolute Gasteiger partial charge is 0.497 e. The van der Waals surface area contributed by atoms with Crippen molar-refractivity contribution in [2.24, 2.45) is 0 Å². The van der Waals surface area contributed by atoms with Crippen LogP contribution >= 0.6 is 0 Å². The fraction of sp³-hybridized carbons (Fsp3) is 0.133. The lowest BCUT2D eigenvalue weighted by atomic mass is 10.1. The van der Waals surface area contributed by atoms with E-state index < -0.39 is 10.0 Å². The SMILES string of the molecule is COc1ccc(S(=O)(=O)Nc2cccc(C)c2C#N)cc1. The smallest absolute Gasteiger partial charge is 0.261 e. The number of methoxy groups -OCH3 is 1. The van der Waals surface area contributed by atoms with Gasteiger partial charge < -0.3 is 4.74 Å². The lowest BCUT2D eigenvalue weighted by Gasteiger charge is -2.11. The third kappa shape index (κ3) is 3.15. The van der Waals surface area contributed by atoms with Gasteiger partial charge in [0.15, 0.2) is 0 Å². The van der Waals surface area contributed by atoms with Crippen LogP contribution in [-0.4, -0.2) is 15.5 Å². The van der Waals surface area contributed by atoms with E-state index in [1.54, 1.807) is 37.3 Å². The molecular formula is C15H14N2O3S. The minimum absolute atomic E-state index is 0.105. The minimum atomic E-state index is -3.74. The first-order valence-electron chi connectivity index (χ1n) is 6.14. The summed E-state index contributed by atoms with van der Waals surface area (Å²) in [5, 5.41) is 9.13. The van der Waals surface area contributed by atoms with E-state index in [0.717, 1.165) is 0 Å². The number of aryl methyl sites for hydroxylation is 1. The van der Waals surface area contributed by atoms with E-state index in [9.17, 15) is 8.42 Å². The molecule has 0 atom stereocenters. The third-order valence-corrected chi connectivity index (χ3v) is 4.38. The first-order valence-corrected chi connectivity index (χ1v) is 7.63. The van der Waals surface area contributed by atoms with Gasteiger partial charge >= 0.3 is 0 Å². The number of hydrogen-bond donors (Lipinski definition) is 1. The van der Waals surface area contributed by atoms with Crippen molar-refractivity contribution in [3.63, 3.8) is 0 Å². The molecule has 0 saturated heterocycles. The highest BCUT2D eigenvalue weighted by Gasteiger charge is 2.16. The Balaban J connectivity index is 2.38. The molecule has 1 N–H and O–H groups in total. The van der Waals surface area contributed by atoms with Gasteiger partial charge in [0.05, 0.1) is 23.3 Å². The summed E-state index contributed by atoms with van der Waals surface area (Å²) in [4.78, 5) is 0.105. The van der Waals surface area contributed by atoms with Crippen LogP contribution in [0.4, 0.5) is 5.69 Å². The first-order chi connectivity index (χ1) is 9.97. The van der Waals surface area contributed by atoms with Crippen LogP contribution in [-0.2, 0) is 10.0 Å². The molecule has 0 unspecified atom stereocenters. The van der Waals surface area contributed by atoms with Gasteiger partial charge in [-0.1, -0.05) is 12.1 Å². The molecule has 0 bridgehead atoms. The zero-order chi connectivity index (χ0) is 15.5. The summed E-state index contributed by atoms with van der Waals surface area (Å²) in [5.41, 5.74) is 1.30. The van der Waals surface area contributed by atoms with Crippen LogP contribution in [0.2, 0.25) is 0 Å². The van der Waals surface area contributed by atoms with Gasteiger partial charge in [-0.05, 0) is 42.8 Å². The van der Waals surface area contributed by atoms with Crippen LogP contribution in [0.15, 0.2) is 47.4 Å². The van der Waals surface area contributed by atoms with Gasteiger partial charge in [-0.15, -0.1) is 0 Å². The fourth-order valence-corrected chi connectivity index (χ4v) is 2.93. The molecule has 0 spiro atoms. The zero-order valence-electron chi connectivity index (χ0n) is 11.6. The molecule has 5 nitrogen and oxygen atoms in total. The normalized spacial score (nSPS) is 10.7. The lowest BCUT2D eigenvalue weighted by Crippen LogP contribution is -2.14. The maximum Gasteiger partial charge on any atom is 0.261 e. The van der Waals surface area contributed by atoms with Crippen molar-refractivity contribution in [3.8, 4) is 11.8 Å².